The molecule has 0 saturated heterocycles. The molecule has 1 N–H and O–H groups in total. The number of thiazole rings is 1. The Morgan fingerprint density at radius 1 is 0.569 bits per heavy atom. The van der Waals surface area contributed by atoms with Crippen LogP contribution >= 0.6 is 11.3 Å². The molecular formula is C46H51N2OPtS-. The number of fused-ring (bicyclic) bond motifs is 1. The predicted molar refractivity (Wildman–Crippen MR) is 214 cm³/mol. The average molecular weight is 875 g/mol. The Hall–Kier alpha value is -3.59. The summed E-state index contributed by atoms with van der Waals surface area (Å²) in [5.74, 6) is 0.234. The van der Waals surface area contributed by atoms with Gasteiger partial charge in [-0.05, 0) is 73.7 Å². The van der Waals surface area contributed by atoms with E-state index in [4.69, 9.17) is 9.97 Å². The zero-order chi connectivity index (χ0) is 36.4. The fourth-order valence-corrected chi connectivity index (χ4v) is 7.23. The van der Waals surface area contributed by atoms with Gasteiger partial charge in [-0.1, -0.05) is 142 Å². The molecule has 0 fully saturated rings. The van der Waals surface area contributed by atoms with Crippen LogP contribution in [0.4, 0.5) is 0 Å². The molecule has 0 radical (unpaired) electrons. The molecule has 5 heteroatoms. The van der Waals surface area contributed by atoms with Crippen LogP contribution in [-0.4, -0.2) is 15.1 Å². The number of hydrogen-bond acceptors (Lipinski definition) is 4. The summed E-state index contributed by atoms with van der Waals surface area (Å²) < 4.78 is 1.09. The van der Waals surface area contributed by atoms with Crippen molar-refractivity contribution < 1.29 is 26.2 Å². The summed E-state index contributed by atoms with van der Waals surface area (Å²) in [6.45, 7) is 27.2. The first kappa shape index (κ1) is 38.6. The minimum absolute atomic E-state index is 0. The van der Waals surface area contributed by atoms with Gasteiger partial charge in [0, 0.05) is 37.7 Å². The van der Waals surface area contributed by atoms with Crippen molar-refractivity contribution >= 4 is 21.6 Å². The number of aromatic nitrogens is 2. The van der Waals surface area contributed by atoms with Crippen molar-refractivity contribution in [3.8, 4) is 49.8 Å². The van der Waals surface area contributed by atoms with Crippen LogP contribution in [0.1, 0.15) is 105 Å². The maximum Gasteiger partial charge on any atom is 0.127 e. The number of hydrogen-bond donors (Lipinski definition) is 1. The second-order valence-corrected chi connectivity index (χ2v) is 18.9. The van der Waals surface area contributed by atoms with Crippen LogP contribution in [0.25, 0.3) is 54.3 Å². The monoisotopic (exact) mass is 874 g/mol. The van der Waals surface area contributed by atoms with E-state index in [9.17, 15) is 5.11 Å². The van der Waals surface area contributed by atoms with E-state index in [-0.39, 0.29) is 48.5 Å². The number of nitrogens with zero attached hydrogens (tertiary/aromatic N) is 2. The first-order valence-electron chi connectivity index (χ1n) is 17.6. The number of benzene rings is 4. The third-order valence-electron chi connectivity index (χ3n) is 9.55. The summed E-state index contributed by atoms with van der Waals surface area (Å²) in [4.78, 5) is 10.1. The third kappa shape index (κ3) is 8.24. The molecule has 2 heterocycles. The van der Waals surface area contributed by atoms with Gasteiger partial charge in [0.15, 0.2) is 0 Å². The van der Waals surface area contributed by atoms with E-state index in [0.29, 0.717) is 0 Å². The molecule has 0 amide bonds. The molecule has 6 rings (SSSR count). The maximum atomic E-state index is 10.8. The van der Waals surface area contributed by atoms with Crippen LogP contribution in [0.15, 0.2) is 85.1 Å². The molecule has 4 aromatic carbocycles. The van der Waals surface area contributed by atoms with Crippen LogP contribution in [0.2, 0.25) is 0 Å². The molecule has 0 spiro atoms. The Morgan fingerprint density at radius 3 is 1.71 bits per heavy atom. The number of phenolic OH excluding ortho intramolecular Hbond substituents is 1. The van der Waals surface area contributed by atoms with Gasteiger partial charge in [-0.25, -0.2) is 4.98 Å². The van der Waals surface area contributed by atoms with Crippen LogP contribution in [0, 0.1) is 6.07 Å². The van der Waals surface area contributed by atoms with E-state index in [1.54, 1.807) is 17.4 Å². The molecule has 0 saturated carbocycles. The molecule has 51 heavy (non-hydrogen) atoms. The SMILES string of the molecule is CC(C)(C)c1cc(-c2cc(-c3cc(C(C)(C)C)ccn3)[c-]c(-c3cc(C(C)(C)C)cc4sc(-c5ccccc5O)nc34)c2)cc(C(C)(C)C)c1.[Pt]. The first-order valence-corrected chi connectivity index (χ1v) is 18.4. The second-order valence-electron chi connectivity index (χ2n) is 17.8. The van der Waals surface area contributed by atoms with E-state index in [1.807, 2.05) is 24.4 Å². The van der Waals surface area contributed by atoms with Gasteiger partial charge in [0.05, 0.1) is 11.1 Å². The Labute approximate surface area is 323 Å². The number of para-hydroxylation sites is 1. The third-order valence-corrected chi connectivity index (χ3v) is 10.6. The number of aromatic hydroxyl groups is 1. The Morgan fingerprint density at radius 2 is 1.12 bits per heavy atom. The fourth-order valence-electron chi connectivity index (χ4n) is 6.16. The fraction of sp³-hybridized carbons (Fsp3) is 0.348. The van der Waals surface area contributed by atoms with Crippen molar-refractivity contribution in [1.29, 1.82) is 0 Å². The molecule has 6 aromatic rings. The Bertz CT molecular complexity index is 2190. The summed E-state index contributed by atoms with van der Waals surface area (Å²) in [6, 6.07) is 31.8. The topological polar surface area (TPSA) is 46.0 Å². The Kier molecular flexibility index (Phi) is 10.4. The average Bonchev–Trinajstić information content (AvgIpc) is 3.47. The predicted octanol–water partition coefficient (Wildman–Crippen LogP) is 13.1. The Balaban J connectivity index is 0.00000504. The molecule has 0 aliphatic heterocycles. The van der Waals surface area contributed by atoms with Crippen LogP contribution < -0.4 is 0 Å². The number of rotatable bonds is 4. The summed E-state index contributed by atoms with van der Waals surface area (Å²) in [5.41, 5.74) is 12.8. The van der Waals surface area contributed by atoms with Crippen molar-refractivity contribution in [2.45, 2.75) is 105 Å². The quantitative estimate of drug-likeness (QED) is 0.180. The minimum Gasteiger partial charge on any atom is -0.507 e. The maximum absolute atomic E-state index is 10.8. The second kappa shape index (κ2) is 13.8. The van der Waals surface area contributed by atoms with Crippen LogP contribution in [0.3, 0.4) is 0 Å². The summed E-state index contributed by atoms with van der Waals surface area (Å²) in [5, 5.41) is 11.6. The van der Waals surface area contributed by atoms with E-state index >= 15 is 0 Å². The standard InChI is InChI=1S/C46H51N2OS.Pt/c1-43(2,3)32-17-18-47-38(26-32)31-20-28(29-22-33(44(4,5)6)24-34(23-29)45(7,8)9)19-30(21-31)37-25-35(46(10,11)12)27-40-41(37)48-42(50-40)36-15-13-14-16-39(36)49;/h13-20,22-27,49H,1-12H3;/q-1;. The molecule has 0 aliphatic rings. The van der Waals surface area contributed by atoms with Gasteiger partial charge in [-0.3, -0.25) is 4.98 Å². The summed E-state index contributed by atoms with van der Waals surface area (Å²) in [6.07, 6.45) is 1.92. The molecular weight excluding hydrogens is 824 g/mol. The van der Waals surface area contributed by atoms with E-state index in [2.05, 4.69) is 144 Å². The molecule has 2 aromatic heterocycles. The normalized spacial score (nSPS) is 12.6. The van der Waals surface area contributed by atoms with Gasteiger partial charge in [-0.2, -0.15) is 0 Å². The van der Waals surface area contributed by atoms with E-state index < -0.39 is 0 Å². The van der Waals surface area contributed by atoms with Crippen molar-refractivity contribution in [3.05, 3.63) is 113 Å². The van der Waals surface area contributed by atoms with Crippen molar-refractivity contribution in [2.24, 2.45) is 0 Å². The van der Waals surface area contributed by atoms with Gasteiger partial charge < -0.3 is 5.11 Å². The van der Waals surface area contributed by atoms with Gasteiger partial charge in [0.2, 0.25) is 0 Å². The zero-order valence-electron chi connectivity index (χ0n) is 32.1. The smallest absolute Gasteiger partial charge is 0.127 e. The molecule has 0 bridgehead atoms. The van der Waals surface area contributed by atoms with Crippen molar-refractivity contribution in [3.63, 3.8) is 0 Å². The zero-order valence-corrected chi connectivity index (χ0v) is 35.2. The molecule has 0 atom stereocenters. The molecule has 0 unspecified atom stereocenters. The van der Waals surface area contributed by atoms with E-state index in [0.717, 1.165) is 48.7 Å². The summed E-state index contributed by atoms with van der Waals surface area (Å²) >= 11 is 1.62. The molecule has 268 valence electrons. The van der Waals surface area contributed by atoms with Gasteiger partial charge in [0.1, 0.15) is 10.8 Å². The van der Waals surface area contributed by atoms with Crippen molar-refractivity contribution in [1.82, 2.24) is 9.97 Å². The number of pyridine rings is 1. The van der Waals surface area contributed by atoms with Crippen LogP contribution in [0.5, 0.6) is 5.75 Å². The van der Waals surface area contributed by atoms with Gasteiger partial charge in [-0.15, -0.1) is 35.1 Å². The van der Waals surface area contributed by atoms with Gasteiger partial charge in [0.25, 0.3) is 0 Å². The molecule has 3 nitrogen and oxygen atoms in total. The van der Waals surface area contributed by atoms with Crippen molar-refractivity contribution in [2.75, 3.05) is 0 Å². The van der Waals surface area contributed by atoms with Gasteiger partial charge >= 0.3 is 0 Å². The summed E-state index contributed by atoms with van der Waals surface area (Å²) in [7, 11) is 0. The van der Waals surface area contributed by atoms with E-state index in [1.165, 1.54) is 27.8 Å². The first-order chi connectivity index (χ1) is 23.2. The largest absolute Gasteiger partial charge is 0.507 e. The van der Waals surface area contributed by atoms with Crippen LogP contribution in [-0.2, 0) is 42.7 Å². The number of phenols is 1. The minimum atomic E-state index is -0.0896. The molecule has 0 aliphatic carbocycles.